The molecule has 1 heterocycles. The molecule has 0 saturated carbocycles. The molecule has 0 unspecified atom stereocenters. The van der Waals surface area contributed by atoms with Gasteiger partial charge in [-0.25, -0.2) is 4.57 Å². The third-order valence-corrected chi connectivity index (χ3v) is 4.01. The van der Waals surface area contributed by atoms with E-state index in [1.165, 1.54) is 0 Å². The summed E-state index contributed by atoms with van der Waals surface area (Å²) in [6.07, 6.45) is 4.76. The Morgan fingerprint density at radius 2 is 1.26 bits per heavy atom. The number of halogens is 1. The van der Waals surface area contributed by atoms with E-state index >= 15 is 0 Å². The molecule has 1 rings (SSSR count). The lowest BCUT2D eigenvalue weighted by Crippen LogP contribution is -2.28. The van der Waals surface area contributed by atoms with Crippen molar-refractivity contribution in [3.05, 3.63) is 30.1 Å². The molecule has 3 nitrogen and oxygen atoms in total. The zero-order chi connectivity index (χ0) is 17.1. The number of ketones is 2. The largest absolute Gasteiger partial charge is 0.299 e. The lowest BCUT2D eigenvalue weighted by molar-refractivity contribution is -0.671. The van der Waals surface area contributed by atoms with Crippen LogP contribution in [0.4, 0.5) is 0 Å². The van der Waals surface area contributed by atoms with Gasteiger partial charge in [0.05, 0.1) is 0 Å². The second-order valence-electron chi connectivity index (χ2n) is 8.25. The van der Waals surface area contributed by atoms with E-state index < -0.39 is 0 Å². The third kappa shape index (κ3) is 7.10. The van der Waals surface area contributed by atoms with Crippen LogP contribution in [-0.4, -0.2) is 11.6 Å². The second kappa shape index (κ2) is 8.36. The average molecular weight is 432 g/mol. The Morgan fingerprint density at radius 1 is 0.913 bits per heavy atom. The van der Waals surface area contributed by atoms with Gasteiger partial charge in [0.2, 0.25) is 0 Å². The van der Waals surface area contributed by atoms with Crippen LogP contribution in [0.15, 0.2) is 24.5 Å². The first-order valence-corrected chi connectivity index (χ1v) is 7.93. The van der Waals surface area contributed by atoms with Gasteiger partial charge in [-0.1, -0.05) is 41.5 Å². The minimum atomic E-state index is -0.373. The van der Waals surface area contributed by atoms with Gasteiger partial charge in [0.25, 0.3) is 0 Å². The SMILES string of the molecule is C[n+]1ccc(C(CC(=O)C(C)(C)C)CC(=O)C(C)(C)C)cc1.I. The van der Waals surface area contributed by atoms with Gasteiger partial charge in [-0.3, -0.25) is 9.59 Å². The predicted octanol–water partition coefficient (Wildman–Crippen LogP) is 4.22. The minimum absolute atomic E-state index is 0. The van der Waals surface area contributed by atoms with Crippen LogP contribution in [0.25, 0.3) is 0 Å². The molecule has 23 heavy (non-hydrogen) atoms. The average Bonchev–Trinajstić information content (AvgIpc) is 2.36. The first-order chi connectivity index (χ1) is 9.91. The molecule has 0 amide bonds. The highest BCUT2D eigenvalue weighted by Gasteiger charge is 2.30. The Balaban J connectivity index is 0.00000484. The molecule has 0 saturated heterocycles. The quantitative estimate of drug-likeness (QED) is 0.516. The van der Waals surface area contributed by atoms with E-state index in [1.54, 1.807) is 0 Å². The Hall–Kier alpha value is -0.780. The van der Waals surface area contributed by atoms with Crippen LogP contribution in [0.2, 0.25) is 0 Å². The Morgan fingerprint density at radius 3 is 1.57 bits per heavy atom. The van der Waals surface area contributed by atoms with Gasteiger partial charge in [0.15, 0.2) is 12.4 Å². The van der Waals surface area contributed by atoms with E-state index in [4.69, 9.17) is 0 Å². The molecule has 0 N–H and O–H groups in total. The molecule has 0 radical (unpaired) electrons. The molecule has 0 atom stereocenters. The molecule has 0 aliphatic rings. The van der Waals surface area contributed by atoms with Gasteiger partial charge >= 0.3 is 0 Å². The molecule has 130 valence electrons. The van der Waals surface area contributed by atoms with Gasteiger partial charge < -0.3 is 0 Å². The Kier molecular flexibility index (Phi) is 8.07. The number of Topliss-reactive ketones (excluding diaryl/α,β-unsaturated/α-hetero) is 2. The topological polar surface area (TPSA) is 38.0 Å². The molecular formula is C19H31INO2+. The molecule has 0 fully saturated rings. The van der Waals surface area contributed by atoms with Gasteiger partial charge in [0, 0.05) is 35.8 Å². The number of aromatic nitrogens is 1. The van der Waals surface area contributed by atoms with Gasteiger partial charge in [-0.2, -0.15) is 0 Å². The first-order valence-electron chi connectivity index (χ1n) is 7.93. The summed E-state index contributed by atoms with van der Waals surface area (Å²) in [6, 6.07) is 4.02. The number of aryl methyl sites for hydroxylation is 1. The first kappa shape index (κ1) is 22.2. The van der Waals surface area contributed by atoms with Crippen molar-refractivity contribution in [3.8, 4) is 0 Å². The summed E-state index contributed by atoms with van der Waals surface area (Å²) in [5.41, 5.74) is 0.318. The fourth-order valence-electron chi connectivity index (χ4n) is 2.15. The molecule has 1 aromatic heterocycles. The van der Waals surface area contributed by atoms with E-state index in [-0.39, 0.29) is 52.3 Å². The monoisotopic (exact) mass is 432 g/mol. The number of carbonyl (C=O) groups excluding carboxylic acids is 2. The molecule has 4 heteroatoms. The zero-order valence-corrected chi connectivity index (χ0v) is 17.8. The smallest absolute Gasteiger partial charge is 0.168 e. The van der Waals surface area contributed by atoms with Crippen LogP contribution < -0.4 is 4.57 Å². The summed E-state index contributed by atoms with van der Waals surface area (Å²) in [7, 11) is 1.96. The normalized spacial score (nSPS) is 12.0. The molecule has 0 aromatic carbocycles. The minimum Gasteiger partial charge on any atom is -0.299 e. The van der Waals surface area contributed by atoms with Crippen molar-refractivity contribution >= 4 is 35.5 Å². The van der Waals surface area contributed by atoms with E-state index in [9.17, 15) is 9.59 Å². The summed E-state index contributed by atoms with van der Waals surface area (Å²) >= 11 is 0. The van der Waals surface area contributed by atoms with Crippen molar-refractivity contribution in [1.29, 1.82) is 0 Å². The number of hydrogen-bond acceptors (Lipinski definition) is 2. The van der Waals surface area contributed by atoms with Crippen LogP contribution >= 0.6 is 24.0 Å². The van der Waals surface area contributed by atoms with Crippen molar-refractivity contribution in [2.45, 2.75) is 60.3 Å². The van der Waals surface area contributed by atoms with Gasteiger partial charge in [0.1, 0.15) is 18.6 Å². The maximum Gasteiger partial charge on any atom is 0.168 e. The van der Waals surface area contributed by atoms with Crippen molar-refractivity contribution in [1.82, 2.24) is 0 Å². The van der Waals surface area contributed by atoms with E-state index in [1.807, 2.05) is 77.7 Å². The number of rotatable bonds is 5. The molecule has 1 aromatic rings. The van der Waals surface area contributed by atoms with Crippen LogP contribution in [0.1, 0.15) is 65.9 Å². The molecule has 0 spiro atoms. The number of hydrogen-bond donors (Lipinski definition) is 0. The lowest BCUT2D eigenvalue weighted by Gasteiger charge is -2.24. The van der Waals surface area contributed by atoms with Crippen LogP contribution in [-0.2, 0) is 16.6 Å². The van der Waals surface area contributed by atoms with E-state index in [0.29, 0.717) is 12.8 Å². The molecule has 0 aliphatic carbocycles. The fraction of sp³-hybridized carbons (Fsp3) is 0.632. The van der Waals surface area contributed by atoms with E-state index in [2.05, 4.69) is 0 Å². The van der Waals surface area contributed by atoms with Crippen LogP contribution in [0.3, 0.4) is 0 Å². The summed E-state index contributed by atoms with van der Waals surface area (Å²) < 4.78 is 1.96. The molecule has 0 bridgehead atoms. The summed E-state index contributed by atoms with van der Waals surface area (Å²) in [6.45, 7) is 11.6. The van der Waals surface area contributed by atoms with Gasteiger partial charge in [-0.15, -0.1) is 24.0 Å². The number of carbonyl (C=O) groups is 2. The fourth-order valence-corrected chi connectivity index (χ4v) is 2.15. The lowest BCUT2D eigenvalue weighted by atomic mass is 9.78. The predicted molar refractivity (Wildman–Crippen MR) is 104 cm³/mol. The molecular weight excluding hydrogens is 401 g/mol. The number of pyridine rings is 1. The van der Waals surface area contributed by atoms with Crippen molar-refractivity contribution in [2.75, 3.05) is 0 Å². The number of nitrogens with zero attached hydrogens (tertiary/aromatic N) is 1. The van der Waals surface area contributed by atoms with Crippen LogP contribution in [0, 0.1) is 10.8 Å². The standard InChI is InChI=1S/C19H30NO2.HI/c1-18(2,3)16(21)12-15(13-17(22)19(4,5)6)14-8-10-20(7)11-9-14;/h8-11,15H,12-13H2,1-7H3;1H/q+1;. The Bertz CT molecular complexity index is 508. The van der Waals surface area contributed by atoms with E-state index in [0.717, 1.165) is 5.56 Å². The van der Waals surface area contributed by atoms with Crippen LogP contribution in [0.5, 0.6) is 0 Å². The zero-order valence-electron chi connectivity index (χ0n) is 15.5. The van der Waals surface area contributed by atoms with Gasteiger partial charge in [-0.05, 0) is 11.5 Å². The third-order valence-electron chi connectivity index (χ3n) is 4.01. The highest BCUT2D eigenvalue weighted by molar-refractivity contribution is 14.0. The molecule has 0 aliphatic heterocycles. The second-order valence-corrected chi connectivity index (χ2v) is 8.25. The summed E-state index contributed by atoms with van der Waals surface area (Å²) in [5, 5.41) is 0. The van der Waals surface area contributed by atoms with Crippen molar-refractivity contribution in [2.24, 2.45) is 17.9 Å². The maximum absolute atomic E-state index is 12.4. The maximum atomic E-state index is 12.4. The highest BCUT2D eigenvalue weighted by Crippen LogP contribution is 2.31. The summed E-state index contributed by atoms with van der Waals surface area (Å²) in [4.78, 5) is 24.9. The van der Waals surface area contributed by atoms with Crippen molar-refractivity contribution in [3.63, 3.8) is 0 Å². The van der Waals surface area contributed by atoms with Crippen molar-refractivity contribution < 1.29 is 14.2 Å². The highest BCUT2D eigenvalue weighted by atomic mass is 127. The summed E-state index contributed by atoms with van der Waals surface area (Å²) in [5.74, 6) is 0.361. The Labute approximate surface area is 157 Å².